The van der Waals surface area contributed by atoms with Gasteiger partial charge in [-0.15, -0.1) is 0 Å². The molecule has 1 saturated heterocycles. The molecule has 0 bridgehead atoms. The zero-order chi connectivity index (χ0) is 11.1. The molecule has 1 rings (SSSR count). The third kappa shape index (κ3) is 3.87. The Kier molecular flexibility index (Phi) is 5.83. The van der Waals surface area contributed by atoms with Crippen molar-refractivity contribution < 1.29 is 13.6 Å². The van der Waals surface area contributed by atoms with E-state index in [9.17, 15) is 4.57 Å². The Morgan fingerprint density at radius 2 is 1.87 bits per heavy atom. The largest absolute Gasteiger partial charge is 0.333 e. The molecule has 1 atom stereocenters. The highest BCUT2D eigenvalue weighted by Crippen LogP contribution is 2.55. The van der Waals surface area contributed by atoms with Crippen LogP contribution in [0.5, 0.6) is 0 Å². The van der Waals surface area contributed by atoms with Gasteiger partial charge in [0.25, 0.3) is 0 Å². The zero-order valence-electron chi connectivity index (χ0n) is 9.70. The molecule has 0 aliphatic carbocycles. The van der Waals surface area contributed by atoms with Crippen LogP contribution in [0.1, 0.15) is 33.1 Å². The van der Waals surface area contributed by atoms with Crippen LogP contribution in [-0.4, -0.2) is 32.0 Å². The molecule has 4 nitrogen and oxygen atoms in total. The molecule has 1 N–H and O–H groups in total. The summed E-state index contributed by atoms with van der Waals surface area (Å²) in [6.07, 6.45) is 2.87. The molecule has 0 aromatic heterocycles. The van der Waals surface area contributed by atoms with Crippen molar-refractivity contribution in [1.29, 1.82) is 0 Å². The second kappa shape index (κ2) is 6.64. The van der Waals surface area contributed by atoms with Crippen molar-refractivity contribution in [3.63, 3.8) is 0 Å². The lowest BCUT2D eigenvalue weighted by molar-refractivity contribution is 0.209. The van der Waals surface area contributed by atoms with E-state index in [-0.39, 0.29) is 5.66 Å². The lowest BCUT2D eigenvalue weighted by atomic mass is 10.2. The van der Waals surface area contributed by atoms with Gasteiger partial charge < -0.3 is 14.4 Å². The summed E-state index contributed by atoms with van der Waals surface area (Å²) in [5.41, 5.74) is 0.0763. The number of hydrogen-bond donors (Lipinski definition) is 1. The normalized spacial score (nSPS) is 23.7. The standard InChI is InChI=1S/C10H22NO3P/c1-3-13-15(12,14-4-2)10-6-5-8-11-9-7-10/h10-11H,3-9H2,1-2H3. The molecule has 1 aliphatic heterocycles. The molecular weight excluding hydrogens is 213 g/mol. The monoisotopic (exact) mass is 235 g/mol. The quantitative estimate of drug-likeness (QED) is 0.743. The Morgan fingerprint density at radius 1 is 1.20 bits per heavy atom. The molecule has 0 aromatic carbocycles. The molecular formula is C10H22NO3P. The van der Waals surface area contributed by atoms with Crippen LogP contribution in [0.3, 0.4) is 0 Å². The summed E-state index contributed by atoms with van der Waals surface area (Å²) in [5.74, 6) is 0. The first-order valence-corrected chi connectivity index (χ1v) is 7.43. The van der Waals surface area contributed by atoms with Gasteiger partial charge in [0.15, 0.2) is 0 Å². The predicted octanol–water partition coefficient (Wildman–Crippen LogP) is 2.39. The van der Waals surface area contributed by atoms with Crippen LogP contribution >= 0.6 is 7.60 Å². The maximum atomic E-state index is 12.4. The van der Waals surface area contributed by atoms with Gasteiger partial charge in [-0.3, -0.25) is 4.57 Å². The minimum absolute atomic E-state index is 0.0763. The second-order valence-corrected chi connectivity index (χ2v) is 6.04. The summed E-state index contributed by atoms with van der Waals surface area (Å²) in [5, 5.41) is 3.30. The fraction of sp³-hybridized carbons (Fsp3) is 1.00. The van der Waals surface area contributed by atoms with Crippen LogP contribution < -0.4 is 5.32 Å². The minimum Gasteiger partial charge on any atom is -0.317 e. The number of hydrogen-bond acceptors (Lipinski definition) is 4. The van der Waals surface area contributed by atoms with Crippen LogP contribution in [0.2, 0.25) is 0 Å². The van der Waals surface area contributed by atoms with Gasteiger partial charge >= 0.3 is 7.60 Å². The van der Waals surface area contributed by atoms with Gasteiger partial charge in [-0.2, -0.15) is 0 Å². The molecule has 15 heavy (non-hydrogen) atoms. The predicted molar refractivity (Wildman–Crippen MR) is 61.4 cm³/mol. The Hall–Kier alpha value is 0.110. The van der Waals surface area contributed by atoms with E-state index in [4.69, 9.17) is 9.05 Å². The molecule has 90 valence electrons. The maximum Gasteiger partial charge on any atom is 0.333 e. The SMILES string of the molecule is CCOP(=O)(OCC)C1CCCNCC1. The Morgan fingerprint density at radius 3 is 2.47 bits per heavy atom. The summed E-state index contributed by atoms with van der Waals surface area (Å²) in [6.45, 7) is 6.56. The highest BCUT2D eigenvalue weighted by atomic mass is 31.2. The first kappa shape index (κ1) is 13.2. The molecule has 1 unspecified atom stereocenters. The van der Waals surface area contributed by atoms with E-state index in [1.54, 1.807) is 0 Å². The minimum atomic E-state index is -2.86. The van der Waals surface area contributed by atoms with E-state index < -0.39 is 7.60 Å². The van der Waals surface area contributed by atoms with Crippen molar-refractivity contribution in [2.24, 2.45) is 0 Å². The van der Waals surface area contributed by atoms with Gasteiger partial charge in [-0.25, -0.2) is 0 Å². The molecule has 0 radical (unpaired) electrons. The third-order valence-corrected chi connectivity index (χ3v) is 5.26. The van der Waals surface area contributed by atoms with Crippen LogP contribution in [0, 0.1) is 0 Å². The molecule has 1 fully saturated rings. The lowest BCUT2D eigenvalue weighted by Crippen LogP contribution is -2.17. The van der Waals surface area contributed by atoms with Gasteiger partial charge in [0, 0.05) is 0 Å². The summed E-state index contributed by atoms with van der Waals surface area (Å²) in [6, 6.07) is 0. The van der Waals surface area contributed by atoms with Crippen LogP contribution in [0.4, 0.5) is 0 Å². The summed E-state index contributed by atoms with van der Waals surface area (Å²) in [7, 11) is -2.86. The molecule has 1 aliphatic rings. The van der Waals surface area contributed by atoms with Crippen molar-refractivity contribution in [1.82, 2.24) is 5.32 Å². The van der Waals surface area contributed by atoms with Crippen LogP contribution in [0.15, 0.2) is 0 Å². The molecule has 0 spiro atoms. The molecule has 5 heteroatoms. The first-order chi connectivity index (χ1) is 7.23. The number of rotatable bonds is 5. The van der Waals surface area contributed by atoms with Gasteiger partial charge in [0.05, 0.1) is 18.9 Å². The van der Waals surface area contributed by atoms with Crippen molar-refractivity contribution in [2.45, 2.75) is 38.8 Å². The van der Waals surface area contributed by atoms with Gasteiger partial charge in [-0.1, -0.05) is 0 Å². The average Bonchev–Trinajstić information content (AvgIpc) is 2.46. The number of nitrogens with one attached hydrogen (secondary N) is 1. The van der Waals surface area contributed by atoms with Crippen molar-refractivity contribution in [2.75, 3.05) is 26.3 Å². The Balaban J connectivity index is 2.63. The highest BCUT2D eigenvalue weighted by Gasteiger charge is 2.35. The van der Waals surface area contributed by atoms with E-state index in [2.05, 4.69) is 5.32 Å². The van der Waals surface area contributed by atoms with Crippen LogP contribution in [-0.2, 0) is 13.6 Å². The van der Waals surface area contributed by atoms with E-state index in [0.29, 0.717) is 13.2 Å². The van der Waals surface area contributed by atoms with Gasteiger partial charge in [0.2, 0.25) is 0 Å². The Bertz CT molecular complexity index is 205. The summed E-state index contributed by atoms with van der Waals surface area (Å²) in [4.78, 5) is 0. The summed E-state index contributed by atoms with van der Waals surface area (Å²) < 4.78 is 23.2. The highest BCUT2D eigenvalue weighted by molar-refractivity contribution is 7.54. The molecule has 0 amide bonds. The molecule has 0 aromatic rings. The fourth-order valence-electron chi connectivity index (χ4n) is 1.92. The topological polar surface area (TPSA) is 47.6 Å². The van der Waals surface area contributed by atoms with Crippen molar-refractivity contribution >= 4 is 7.60 Å². The van der Waals surface area contributed by atoms with E-state index >= 15 is 0 Å². The van der Waals surface area contributed by atoms with Crippen molar-refractivity contribution in [3.8, 4) is 0 Å². The first-order valence-electron chi connectivity index (χ1n) is 5.82. The third-order valence-electron chi connectivity index (χ3n) is 2.61. The maximum absolute atomic E-state index is 12.4. The van der Waals surface area contributed by atoms with Gasteiger partial charge in [0.1, 0.15) is 0 Å². The Labute approximate surface area is 92.3 Å². The van der Waals surface area contributed by atoms with Crippen LogP contribution in [0.25, 0.3) is 0 Å². The fourth-order valence-corrected chi connectivity index (χ4v) is 4.08. The smallest absolute Gasteiger partial charge is 0.317 e. The van der Waals surface area contributed by atoms with E-state index in [1.807, 2.05) is 13.8 Å². The molecule has 1 heterocycles. The van der Waals surface area contributed by atoms with Crippen molar-refractivity contribution in [3.05, 3.63) is 0 Å². The zero-order valence-corrected chi connectivity index (χ0v) is 10.6. The van der Waals surface area contributed by atoms with E-state index in [1.165, 1.54) is 0 Å². The summed E-state index contributed by atoms with van der Waals surface area (Å²) >= 11 is 0. The molecule has 0 saturated carbocycles. The average molecular weight is 235 g/mol. The lowest BCUT2D eigenvalue weighted by Gasteiger charge is -2.24. The van der Waals surface area contributed by atoms with E-state index in [0.717, 1.165) is 32.4 Å². The van der Waals surface area contributed by atoms with Gasteiger partial charge in [-0.05, 0) is 46.2 Å². The second-order valence-electron chi connectivity index (χ2n) is 3.71.